The first-order valence-corrected chi connectivity index (χ1v) is 8.04. The van der Waals surface area contributed by atoms with Crippen molar-refractivity contribution in [2.45, 2.75) is 0 Å². The summed E-state index contributed by atoms with van der Waals surface area (Å²) in [6, 6.07) is 3.59. The van der Waals surface area contributed by atoms with E-state index in [1.54, 1.807) is 24.4 Å². The van der Waals surface area contributed by atoms with Gasteiger partial charge >= 0.3 is 0 Å². The normalized spacial score (nSPS) is 18.6. The number of aromatic amines is 1. The number of H-pyrrole nitrogens is 1. The monoisotopic (exact) mass is 318 g/mol. The number of amides is 1. The molecular weight excluding hydrogens is 308 g/mol. The molecule has 1 aliphatic rings. The van der Waals surface area contributed by atoms with Crippen LogP contribution in [0.3, 0.4) is 0 Å². The van der Waals surface area contributed by atoms with Gasteiger partial charge in [-0.05, 0) is 18.2 Å². The summed E-state index contributed by atoms with van der Waals surface area (Å²) in [5.74, 6) is -0.886. The van der Waals surface area contributed by atoms with Crippen molar-refractivity contribution in [2.75, 3.05) is 12.3 Å². The number of hydrogen-bond donors (Lipinski definition) is 2. The molecule has 1 aromatic rings. The first-order valence-electron chi connectivity index (χ1n) is 5.21. The van der Waals surface area contributed by atoms with Crippen molar-refractivity contribution >= 4 is 50.4 Å². The van der Waals surface area contributed by atoms with Crippen molar-refractivity contribution in [1.82, 2.24) is 9.88 Å². The lowest BCUT2D eigenvalue weighted by molar-refractivity contribution is -0.121. The van der Waals surface area contributed by atoms with Gasteiger partial charge in [0.15, 0.2) is 0 Å². The quantitative estimate of drug-likeness (QED) is 0.491. The number of nitrogens with zero attached hydrogens (tertiary/aromatic N) is 1. The number of nitrogens with one attached hydrogen (secondary N) is 1. The number of carbonyl (C=O) groups is 1. The molecule has 0 aliphatic carbocycles. The van der Waals surface area contributed by atoms with E-state index >= 15 is 0 Å². The third kappa shape index (κ3) is 3.66. The zero-order chi connectivity index (χ0) is 14.0. The first kappa shape index (κ1) is 14.3. The predicted molar refractivity (Wildman–Crippen MR) is 77.1 cm³/mol. The van der Waals surface area contributed by atoms with E-state index in [0.717, 1.165) is 17.5 Å². The maximum absolute atomic E-state index is 12.0. The maximum atomic E-state index is 12.0. The van der Waals surface area contributed by atoms with Crippen molar-refractivity contribution in [3.63, 3.8) is 0 Å². The SMILES string of the molecule is O=C1C(=Cc2ccc[nH]2)SC(=S)N1CCS(=O)(=O)O. The predicted octanol–water partition coefficient (Wildman–Crippen LogP) is 1.10. The minimum atomic E-state index is -4.11. The third-order valence-corrected chi connectivity index (χ3v) is 4.43. The molecule has 1 aliphatic heterocycles. The van der Waals surface area contributed by atoms with E-state index < -0.39 is 15.9 Å². The van der Waals surface area contributed by atoms with Gasteiger partial charge in [0.05, 0.1) is 10.7 Å². The largest absolute Gasteiger partial charge is 0.362 e. The Morgan fingerprint density at radius 1 is 1.53 bits per heavy atom. The molecule has 19 heavy (non-hydrogen) atoms. The van der Waals surface area contributed by atoms with Gasteiger partial charge in [-0.1, -0.05) is 24.0 Å². The Morgan fingerprint density at radius 2 is 2.26 bits per heavy atom. The summed E-state index contributed by atoms with van der Waals surface area (Å²) in [6.07, 6.45) is 3.37. The van der Waals surface area contributed by atoms with Crippen molar-refractivity contribution in [1.29, 1.82) is 0 Å². The number of rotatable bonds is 4. The van der Waals surface area contributed by atoms with Crippen molar-refractivity contribution in [2.24, 2.45) is 0 Å². The van der Waals surface area contributed by atoms with Crippen LogP contribution >= 0.6 is 24.0 Å². The van der Waals surface area contributed by atoms with E-state index in [-0.39, 0.29) is 16.8 Å². The van der Waals surface area contributed by atoms with E-state index in [1.807, 2.05) is 0 Å². The molecule has 102 valence electrons. The van der Waals surface area contributed by atoms with Crippen LogP contribution in [0, 0.1) is 0 Å². The fraction of sp³-hybridized carbons (Fsp3) is 0.200. The first-order chi connectivity index (χ1) is 8.87. The zero-order valence-corrected chi connectivity index (χ0v) is 12.0. The highest BCUT2D eigenvalue weighted by atomic mass is 32.2. The Labute approximate surface area is 119 Å². The van der Waals surface area contributed by atoms with Gasteiger partial charge in [0.1, 0.15) is 4.32 Å². The summed E-state index contributed by atoms with van der Waals surface area (Å²) in [4.78, 5) is 16.5. The number of aromatic nitrogens is 1. The van der Waals surface area contributed by atoms with Gasteiger partial charge in [-0.2, -0.15) is 8.42 Å². The lowest BCUT2D eigenvalue weighted by Gasteiger charge is -2.12. The van der Waals surface area contributed by atoms with Crippen LogP contribution in [0.2, 0.25) is 0 Å². The summed E-state index contributed by atoms with van der Waals surface area (Å²) < 4.78 is 30.3. The Morgan fingerprint density at radius 3 is 2.84 bits per heavy atom. The molecule has 1 aromatic heterocycles. The molecule has 0 aromatic carbocycles. The Kier molecular flexibility index (Phi) is 4.09. The fourth-order valence-corrected chi connectivity index (χ4v) is 3.19. The second kappa shape index (κ2) is 5.45. The fourth-order valence-electron chi connectivity index (χ4n) is 1.47. The van der Waals surface area contributed by atoms with Crippen LogP contribution in [0.15, 0.2) is 23.2 Å². The highest BCUT2D eigenvalue weighted by Crippen LogP contribution is 2.32. The Balaban J connectivity index is 2.13. The van der Waals surface area contributed by atoms with E-state index in [0.29, 0.717) is 4.91 Å². The lowest BCUT2D eigenvalue weighted by atomic mass is 10.3. The molecule has 0 radical (unpaired) electrons. The molecule has 0 spiro atoms. The molecule has 0 bridgehead atoms. The third-order valence-electron chi connectivity index (χ3n) is 2.36. The smallest absolute Gasteiger partial charge is 0.266 e. The van der Waals surface area contributed by atoms with Gasteiger partial charge in [-0.25, -0.2) is 0 Å². The molecule has 2 rings (SSSR count). The van der Waals surface area contributed by atoms with Crippen LogP contribution < -0.4 is 0 Å². The van der Waals surface area contributed by atoms with Crippen LogP contribution in [0.4, 0.5) is 0 Å². The van der Waals surface area contributed by atoms with E-state index in [1.165, 1.54) is 4.90 Å². The molecule has 0 atom stereocenters. The highest BCUT2D eigenvalue weighted by molar-refractivity contribution is 8.26. The van der Waals surface area contributed by atoms with Crippen LogP contribution in [0.1, 0.15) is 5.69 Å². The van der Waals surface area contributed by atoms with E-state index in [2.05, 4.69) is 4.98 Å². The summed E-state index contributed by atoms with van der Waals surface area (Å²) >= 11 is 6.12. The zero-order valence-electron chi connectivity index (χ0n) is 9.57. The molecule has 1 saturated heterocycles. The second-order valence-corrected chi connectivity index (χ2v) is 6.99. The second-order valence-electron chi connectivity index (χ2n) is 3.74. The Bertz CT molecular complexity index is 634. The highest BCUT2D eigenvalue weighted by Gasteiger charge is 2.32. The number of carbonyl (C=O) groups excluding carboxylic acids is 1. The van der Waals surface area contributed by atoms with Gasteiger partial charge in [0.25, 0.3) is 16.0 Å². The van der Waals surface area contributed by atoms with E-state index in [9.17, 15) is 13.2 Å². The van der Waals surface area contributed by atoms with Gasteiger partial charge < -0.3 is 4.98 Å². The van der Waals surface area contributed by atoms with Gasteiger partial charge in [0, 0.05) is 18.4 Å². The lowest BCUT2D eigenvalue weighted by Crippen LogP contribution is -2.32. The molecule has 9 heteroatoms. The van der Waals surface area contributed by atoms with E-state index in [4.69, 9.17) is 16.8 Å². The summed E-state index contributed by atoms with van der Waals surface area (Å²) in [7, 11) is -4.11. The Hall–Kier alpha value is -1.16. The molecule has 6 nitrogen and oxygen atoms in total. The van der Waals surface area contributed by atoms with Gasteiger partial charge in [0.2, 0.25) is 0 Å². The molecule has 0 unspecified atom stereocenters. The maximum Gasteiger partial charge on any atom is 0.266 e. The van der Waals surface area contributed by atoms with Crippen molar-refractivity contribution in [3.8, 4) is 0 Å². The van der Waals surface area contributed by atoms with Crippen molar-refractivity contribution < 1.29 is 17.8 Å². The number of thioether (sulfide) groups is 1. The molecule has 2 N–H and O–H groups in total. The average molecular weight is 318 g/mol. The number of thiocarbonyl (C=S) groups is 1. The molecule has 0 saturated carbocycles. The van der Waals surface area contributed by atoms with Gasteiger partial charge in [-0.3, -0.25) is 14.2 Å². The molecule has 1 fully saturated rings. The standard InChI is InChI=1S/C10H10N2O4S3/c13-9-8(6-7-2-1-3-11-7)18-10(17)12(9)4-5-19(14,15)16/h1-3,6,11H,4-5H2,(H,14,15,16). The topological polar surface area (TPSA) is 90.5 Å². The minimum absolute atomic E-state index is 0.147. The van der Waals surface area contributed by atoms with Gasteiger partial charge in [-0.15, -0.1) is 0 Å². The molecular formula is C10H10N2O4S3. The molecule has 2 heterocycles. The number of hydrogen-bond acceptors (Lipinski definition) is 5. The van der Waals surface area contributed by atoms with Crippen LogP contribution in [0.25, 0.3) is 6.08 Å². The average Bonchev–Trinajstić information content (AvgIpc) is 2.87. The summed E-state index contributed by atoms with van der Waals surface area (Å²) in [5.41, 5.74) is 0.760. The van der Waals surface area contributed by atoms with Crippen LogP contribution in [-0.4, -0.2) is 45.4 Å². The molecule has 1 amide bonds. The van der Waals surface area contributed by atoms with Crippen molar-refractivity contribution in [3.05, 3.63) is 28.9 Å². The summed E-state index contributed by atoms with van der Waals surface area (Å²) in [5, 5.41) is 0. The van der Waals surface area contributed by atoms with Crippen LogP contribution in [-0.2, 0) is 14.9 Å². The minimum Gasteiger partial charge on any atom is -0.362 e. The summed E-state index contributed by atoms with van der Waals surface area (Å²) in [6.45, 7) is -0.147. The van der Waals surface area contributed by atoms with Crippen LogP contribution in [0.5, 0.6) is 0 Å².